The fourth-order valence-electron chi connectivity index (χ4n) is 4.88. The van der Waals surface area contributed by atoms with E-state index in [1.807, 2.05) is 43.4 Å². The third-order valence-electron chi connectivity index (χ3n) is 7.05. The van der Waals surface area contributed by atoms with E-state index in [0.29, 0.717) is 18.7 Å². The Morgan fingerprint density at radius 1 is 0.947 bits per heavy atom. The summed E-state index contributed by atoms with van der Waals surface area (Å²) in [6, 6.07) is 24.0. The van der Waals surface area contributed by atoms with Gasteiger partial charge in [0.05, 0.1) is 11.3 Å². The number of hydrogen-bond acceptors (Lipinski definition) is 5. The van der Waals surface area contributed by atoms with Gasteiger partial charge in [-0.25, -0.2) is 9.78 Å². The van der Waals surface area contributed by atoms with E-state index in [0.717, 1.165) is 33.6 Å². The van der Waals surface area contributed by atoms with Gasteiger partial charge in [0.25, 0.3) is 0 Å². The van der Waals surface area contributed by atoms with E-state index in [9.17, 15) is 4.79 Å². The quantitative estimate of drug-likeness (QED) is 0.224. The summed E-state index contributed by atoms with van der Waals surface area (Å²) in [5.74, 6) is 0.662. The van der Waals surface area contributed by atoms with Crippen LogP contribution in [0.1, 0.15) is 65.1 Å². The fourth-order valence-corrected chi connectivity index (χ4v) is 5.68. The van der Waals surface area contributed by atoms with Crippen LogP contribution in [-0.2, 0) is 13.2 Å². The number of anilines is 1. The van der Waals surface area contributed by atoms with Crippen molar-refractivity contribution in [3.05, 3.63) is 100 Å². The third kappa shape index (κ3) is 7.55. The molecule has 0 radical (unpaired) electrons. The minimum atomic E-state index is -0.913. The first-order valence-electron chi connectivity index (χ1n) is 12.9. The van der Waals surface area contributed by atoms with Crippen LogP contribution in [0.3, 0.4) is 0 Å². The SMILES string of the molecule is CN(Cc1ccc(C(=O)O)cc1)c1nc(-c2ccc(OCc3ccc(C4CCCCC4)cc3)cc2)cs1.[KH]. The van der Waals surface area contributed by atoms with Crippen LogP contribution in [0, 0.1) is 0 Å². The number of aromatic nitrogens is 1. The first-order valence-corrected chi connectivity index (χ1v) is 13.7. The fraction of sp³-hybridized carbons (Fsp3) is 0.290. The van der Waals surface area contributed by atoms with Gasteiger partial charge in [-0.05, 0) is 71.8 Å². The molecule has 1 N–H and O–H groups in total. The molecule has 1 aliphatic rings. The summed E-state index contributed by atoms with van der Waals surface area (Å²) in [7, 11) is 1.99. The number of nitrogens with zero attached hydrogens (tertiary/aromatic N) is 2. The van der Waals surface area contributed by atoms with E-state index in [2.05, 4.69) is 34.5 Å². The summed E-state index contributed by atoms with van der Waals surface area (Å²) in [6.07, 6.45) is 6.74. The first kappa shape index (κ1) is 29.0. The van der Waals surface area contributed by atoms with E-state index in [1.54, 1.807) is 23.5 Å². The van der Waals surface area contributed by atoms with Crippen molar-refractivity contribution in [3.8, 4) is 17.0 Å². The monoisotopic (exact) mass is 552 g/mol. The number of thiazole rings is 1. The van der Waals surface area contributed by atoms with E-state index < -0.39 is 5.97 Å². The maximum atomic E-state index is 11.1. The van der Waals surface area contributed by atoms with Crippen molar-refractivity contribution in [2.75, 3.05) is 11.9 Å². The van der Waals surface area contributed by atoms with E-state index in [4.69, 9.17) is 14.8 Å². The van der Waals surface area contributed by atoms with Gasteiger partial charge in [0.15, 0.2) is 5.13 Å². The number of ether oxygens (including phenoxy) is 1. The molecule has 38 heavy (non-hydrogen) atoms. The molecule has 0 saturated heterocycles. The minimum absolute atomic E-state index is 0. The van der Waals surface area contributed by atoms with Crippen molar-refractivity contribution >= 4 is 73.8 Å². The Morgan fingerprint density at radius 2 is 1.61 bits per heavy atom. The summed E-state index contributed by atoms with van der Waals surface area (Å²) in [5.41, 5.74) is 5.96. The number of rotatable bonds is 9. The number of carboxylic acids is 1. The van der Waals surface area contributed by atoms with Gasteiger partial charge in [-0.3, -0.25) is 0 Å². The molecule has 0 spiro atoms. The standard InChI is InChI=1S/C31H32N2O3S.K.H/c1-33(19-22-7-13-27(14-8-22)30(34)35)31-32-29(21-37-31)26-15-17-28(18-16-26)36-20-23-9-11-25(12-10-23)24-5-3-2-4-6-24;;/h7-18,21,24H,2-6,19-20H2,1H3,(H,34,35);;. The van der Waals surface area contributed by atoms with Gasteiger partial charge in [0, 0.05) is 24.5 Å². The Balaban J connectivity index is 0.00000336. The van der Waals surface area contributed by atoms with Crippen LogP contribution in [0.25, 0.3) is 11.3 Å². The van der Waals surface area contributed by atoms with Gasteiger partial charge in [-0.2, -0.15) is 0 Å². The third-order valence-corrected chi connectivity index (χ3v) is 8.01. The number of hydrogen-bond donors (Lipinski definition) is 1. The molecule has 0 amide bonds. The zero-order valence-corrected chi connectivity index (χ0v) is 21.9. The Hall–Kier alpha value is -2.00. The number of carboxylic acid groups (broad SMARTS) is 1. The molecule has 1 fully saturated rings. The predicted octanol–water partition coefficient (Wildman–Crippen LogP) is 7.12. The molecule has 1 heterocycles. The Morgan fingerprint density at radius 3 is 2.26 bits per heavy atom. The van der Waals surface area contributed by atoms with Crippen LogP contribution >= 0.6 is 11.3 Å². The summed E-state index contributed by atoms with van der Waals surface area (Å²) < 4.78 is 6.04. The predicted molar refractivity (Wildman–Crippen MR) is 157 cm³/mol. The molecule has 0 bridgehead atoms. The molecule has 0 aliphatic heterocycles. The molecule has 1 aromatic heterocycles. The van der Waals surface area contributed by atoms with E-state index in [-0.39, 0.29) is 51.4 Å². The molecule has 0 unspecified atom stereocenters. The summed E-state index contributed by atoms with van der Waals surface area (Å²) in [5, 5.41) is 12.0. The number of carbonyl (C=O) groups is 1. The van der Waals surface area contributed by atoms with Crippen molar-refractivity contribution < 1.29 is 14.6 Å². The van der Waals surface area contributed by atoms with Gasteiger partial charge in [-0.1, -0.05) is 55.7 Å². The van der Waals surface area contributed by atoms with Crippen LogP contribution in [0.5, 0.6) is 5.75 Å². The van der Waals surface area contributed by atoms with Crippen LogP contribution in [-0.4, -0.2) is 74.5 Å². The van der Waals surface area contributed by atoms with Crippen LogP contribution in [0.4, 0.5) is 5.13 Å². The summed E-state index contributed by atoms with van der Waals surface area (Å²) in [4.78, 5) is 17.9. The molecule has 1 saturated carbocycles. The average molecular weight is 553 g/mol. The molecule has 192 valence electrons. The van der Waals surface area contributed by atoms with E-state index >= 15 is 0 Å². The van der Waals surface area contributed by atoms with Crippen LogP contribution in [0.2, 0.25) is 0 Å². The average Bonchev–Trinajstić information content (AvgIpc) is 3.44. The van der Waals surface area contributed by atoms with Gasteiger partial charge < -0.3 is 14.7 Å². The summed E-state index contributed by atoms with van der Waals surface area (Å²) in [6.45, 7) is 1.21. The number of aromatic carboxylic acids is 1. The summed E-state index contributed by atoms with van der Waals surface area (Å²) >= 11 is 1.59. The molecule has 5 rings (SSSR count). The zero-order chi connectivity index (χ0) is 25.6. The topological polar surface area (TPSA) is 62.7 Å². The van der Waals surface area contributed by atoms with Crippen molar-refractivity contribution in [2.24, 2.45) is 0 Å². The Labute approximate surface area is 271 Å². The molecular formula is C31H33KN2O3S. The van der Waals surface area contributed by atoms with Crippen molar-refractivity contribution in [1.29, 1.82) is 0 Å². The molecule has 0 atom stereocenters. The first-order chi connectivity index (χ1) is 18.0. The Kier molecular flexibility index (Phi) is 10.6. The van der Waals surface area contributed by atoms with E-state index in [1.165, 1.54) is 43.2 Å². The molecule has 7 heteroatoms. The van der Waals surface area contributed by atoms with Gasteiger partial charge >= 0.3 is 57.4 Å². The van der Waals surface area contributed by atoms with Crippen molar-refractivity contribution in [1.82, 2.24) is 4.98 Å². The molecule has 4 aromatic rings. The maximum absolute atomic E-state index is 11.1. The van der Waals surface area contributed by atoms with Gasteiger partial charge in [0.2, 0.25) is 0 Å². The molecule has 5 nitrogen and oxygen atoms in total. The van der Waals surface area contributed by atoms with Crippen molar-refractivity contribution in [3.63, 3.8) is 0 Å². The Bertz CT molecular complexity index is 1310. The normalized spacial score (nSPS) is 13.5. The molecule has 3 aromatic carbocycles. The second kappa shape index (κ2) is 13.9. The number of benzene rings is 3. The van der Waals surface area contributed by atoms with Crippen LogP contribution < -0.4 is 9.64 Å². The van der Waals surface area contributed by atoms with Crippen LogP contribution in [0.15, 0.2) is 78.2 Å². The van der Waals surface area contributed by atoms with Crippen molar-refractivity contribution in [2.45, 2.75) is 51.2 Å². The zero-order valence-electron chi connectivity index (χ0n) is 21.1. The van der Waals surface area contributed by atoms with Gasteiger partial charge in [0.1, 0.15) is 12.4 Å². The second-order valence-corrected chi connectivity index (χ2v) is 10.6. The second-order valence-electron chi connectivity index (χ2n) is 9.76. The van der Waals surface area contributed by atoms with Gasteiger partial charge in [-0.15, -0.1) is 11.3 Å². The molecular weight excluding hydrogens is 520 g/mol. The molecule has 1 aliphatic carbocycles.